The molecule has 0 aromatic heterocycles. The number of rotatable bonds is 7. The molecule has 1 rings (SSSR count). The first-order chi connectivity index (χ1) is 8.58. The molecule has 0 spiro atoms. The van der Waals surface area contributed by atoms with Crippen molar-refractivity contribution < 1.29 is 9.47 Å². The highest BCUT2D eigenvalue weighted by atomic mass is 16.5. The van der Waals surface area contributed by atoms with Crippen LogP contribution in [0.3, 0.4) is 0 Å². The largest absolute Gasteiger partial charge is 0.496 e. The molecule has 102 valence electrons. The summed E-state index contributed by atoms with van der Waals surface area (Å²) < 4.78 is 10.9. The van der Waals surface area contributed by atoms with Crippen molar-refractivity contribution in [3.05, 3.63) is 29.3 Å². The maximum absolute atomic E-state index is 5.51. The summed E-state index contributed by atoms with van der Waals surface area (Å²) in [6.45, 7) is 9.94. The van der Waals surface area contributed by atoms with Crippen LogP contribution in [-0.2, 0) is 4.74 Å². The van der Waals surface area contributed by atoms with Crippen molar-refractivity contribution in [2.75, 3.05) is 20.3 Å². The van der Waals surface area contributed by atoms with Gasteiger partial charge in [0.15, 0.2) is 0 Å². The summed E-state index contributed by atoms with van der Waals surface area (Å²) in [4.78, 5) is 0. The molecule has 1 aromatic carbocycles. The van der Waals surface area contributed by atoms with Crippen LogP contribution in [0.15, 0.2) is 18.2 Å². The van der Waals surface area contributed by atoms with E-state index in [9.17, 15) is 0 Å². The fourth-order valence-electron chi connectivity index (χ4n) is 1.99. The van der Waals surface area contributed by atoms with E-state index in [0.717, 1.165) is 18.9 Å². The number of benzene rings is 1. The van der Waals surface area contributed by atoms with Crippen LogP contribution in [0.1, 0.15) is 37.9 Å². The van der Waals surface area contributed by atoms with Crippen LogP contribution in [0, 0.1) is 6.92 Å². The molecule has 0 heterocycles. The van der Waals surface area contributed by atoms with Gasteiger partial charge in [0.05, 0.1) is 13.2 Å². The summed E-state index contributed by atoms with van der Waals surface area (Å²) in [5.41, 5.74) is 2.44. The third-order valence-electron chi connectivity index (χ3n) is 3.01. The van der Waals surface area contributed by atoms with E-state index in [-0.39, 0.29) is 12.1 Å². The molecular weight excluding hydrogens is 226 g/mol. The van der Waals surface area contributed by atoms with Gasteiger partial charge in [0.2, 0.25) is 0 Å². The second-order valence-electron chi connectivity index (χ2n) is 4.64. The molecule has 0 bridgehead atoms. The maximum Gasteiger partial charge on any atom is 0.123 e. The Hall–Kier alpha value is -1.06. The van der Waals surface area contributed by atoms with Crippen LogP contribution in [-0.4, -0.2) is 26.4 Å². The van der Waals surface area contributed by atoms with E-state index in [1.54, 1.807) is 7.11 Å². The number of nitrogens with one attached hydrogen (secondary N) is 1. The molecule has 0 aliphatic carbocycles. The van der Waals surface area contributed by atoms with E-state index in [1.807, 2.05) is 13.0 Å². The lowest BCUT2D eigenvalue weighted by Crippen LogP contribution is -2.29. The molecule has 0 amide bonds. The molecule has 0 saturated carbocycles. The standard InChI is InChI=1S/C15H25NO2/c1-6-18-12(3)10-16-13(4)14-9-11(2)7-8-15(14)17-5/h7-9,12-13,16H,6,10H2,1-5H3. The molecular formula is C15H25NO2. The van der Waals surface area contributed by atoms with Gasteiger partial charge in [0, 0.05) is 24.8 Å². The minimum absolute atomic E-state index is 0.230. The molecule has 0 saturated heterocycles. The molecule has 2 atom stereocenters. The second-order valence-corrected chi connectivity index (χ2v) is 4.64. The normalized spacial score (nSPS) is 14.3. The number of hydrogen-bond acceptors (Lipinski definition) is 3. The number of aryl methyl sites for hydroxylation is 1. The van der Waals surface area contributed by atoms with Crippen molar-refractivity contribution in [2.45, 2.75) is 39.8 Å². The number of ether oxygens (including phenoxy) is 2. The van der Waals surface area contributed by atoms with Gasteiger partial charge in [-0.05, 0) is 33.8 Å². The van der Waals surface area contributed by atoms with Gasteiger partial charge >= 0.3 is 0 Å². The average molecular weight is 251 g/mol. The summed E-state index contributed by atoms with van der Waals surface area (Å²) in [5, 5.41) is 3.48. The quantitative estimate of drug-likeness (QED) is 0.808. The molecule has 3 heteroatoms. The molecule has 0 aliphatic rings. The minimum Gasteiger partial charge on any atom is -0.496 e. The smallest absolute Gasteiger partial charge is 0.123 e. The SMILES string of the molecule is CCOC(C)CNC(C)c1cc(C)ccc1OC. The van der Waals surface area contributed by atoms with Gasteiger partial charge in [-0.3, -0.25) is 0 Å². The summed E-state index contributed by atoms with van der Waals surface area (Å²) in [5.74, 6) is 0.935. The van der Waals surface area contributed by atoms with Crippen molar-refractivity contribution in [1.82, 2.24) is 5.32 Å². The van der Waals surface area contributed by atoms with Gasteiger partial charge in [-0.2, -0.15) is 0 Å². The molecule has 3 nitrogen and oxygen atoms in total. The highest BCUT2D eigenvalue weighted by Crippen LogP contribution is 2.25. The van der Waals surface area contributed by atoms with Crippen molar-refractivity contribution in [1.29, 1.82) is 0 Å². The topological polar surface area (TPSA) is 30.5 Å². The Morgan fingerprint density at radius 2 is 2.00 bits per heavy atom. The number of hydrogen-bond donors (Lipinski definition) is 1. The molecule has 0 aliphatic heterocycles. The lowest BCUT2D eigenvalue weighted by atomic mass is 10.0. The Bertz CT molecular complexity index is 366. The summed E-state index contributed by atoms with van der Waals surface area (Å²) >= 11 is 0. The van der Waals surface area contributed by atoms with Crippen molar-refractivity contribution in [3.63, 3.8) is 0 Å². The van der Waals surface area contributed by atoms with Gasteiger partial charge in [-0.1, -0.05) is 17.7 Å². The summed E-state index contributed by atoms with van der Waals surface area (Å²) in [7, 11) is 1.71. The van der Waals surface area contributed by atoms with Crippen LogP contribution in [0.25, 0.3) is 0 Å². The fourth-order valence-corrected chi connectivity index (χ4v) is 1.99. The maximum atomic E-state index is 5.51. The Morgan fingerprint density at radius 3 is 2.61 bits per heavy atom. The van der Waals surface area contributed by atoms with E-state index in [0.29, 0.717) is 0 Å². The van der Waals surface area contributed by atoms with Gasteiger partial charge in [-0.15, -0.1) is 0 Å². The lowest BCUT2D eigenvalue weighted by molar-refractivity contribution is 0.0743. The fraction of sp³-hybridized carbons (Fsp3) is 0.600. The van der Waals surface area contributed by atoms with E-state index < -0.39 is 0 Å². The molecule has 1 N–H and O–H groups in total. The van der Waals surface area contributed by atoms with Crippen molar-refractivity contribution in [3.8, 4) is 5.75 Å². The average Bonchev–Trinajstić information content (AvgIpc) is 2.36. The molecule has 0 radical (unpaired) electrons. The van der Waals surface area contributed by atoms with E-state index >= 15 is 0 Å². The minimum atomic E-state index is 0.230. The first kappa shape index (κ1) is 15.0. The third-order valence-corrected chi connectivity index (χ3v) is 3.01. The van der Waals surface area contributed by atoms with Crippen LogP contribution in [0.2, 0.25) is 0 Å². The van der Waals surface area contributed by atoms with Crippen LogP contribution < -0.4 is 10.1 Å². The number of methoxy groups -OCH3 is 1. The second kappa shape index (κ2) is 7.39. The molecule has 1 aromatic rings. The Morgan fingerprint density at radius 1 is 1.28 bits per heavy atom. The zero-order chi connectivity index (χ0) is 13.5. The highest BCUT2D eigenvalue weighted by molar-refractivity contribution is 5.38. The first-order valence-electron chi connectivity index (χ1n) is 6.58. The van der Waals surface area contributed by atoms with Gasteiger partial charge < -0.3 is 14.8 Å². The zero-order valence-electron chi connectivity index (χ0n) is 12.1. The Labute approximate surface area is 110 Å². The van der Waals surface area contributed by atoms with Crippen LogP contribution in [0.5, 0.6) is 5.75 Å². The van der Waals surface area contributed by atoms with E-state index in [2.05, 4.69) is 38.2 Å². The van der Waals surface area contributed by atoms with E-state index in [1.165, 1.54) is 11.1 Å². The monoisotopic (exact) mass is 251 g/mol. The highest BCUT2D eigenvalue weighted by Gasteiger charge is 2.12. The predicted octanol–water partition coefficient (Wildman–Crippen LogP) is 3.08. The van der Waals surface area contributed by atoms with Crippen molar-refractivity contribution >= 4 is 0 Å². The molecule has 2 unspecified atom stereocenters. The zero-order valence-corrected chi connectivity index (χ0v) is 12.1. The molecule has 18 heavy (non-hydrogen) atoms. The lowest BCUT2D eigenvalue weighted by Gasteiger charge is -2.20. The Kier molecular flexibility index (Phi) is 6.16. The summed E-state index contributed by atoms with van der Waals surface area (Å²) in [6.07, 6.45) is 0.230. The van der Waals surface area contributed by atoms with Gasteiger partial charge in [-0.25, -0.2) is 0 Å². The molecule has 0 fully saturated rings. The summed E-state index contributed by atoms with van der Waals surface area (Å²) in [6, 6.07) is 6.51. The predicted molar refractivity (Wildman–Crippen MR) is 75.2 cm³/mol. The van der Waals surface area contributed by atoms with E-state index in [4.69, 9.17) is 9.47 Å². The van der Waals surface area contributed by atoms with Crippen LogP contribution >= 0.6 is 0 Å². The van der Waals surface area contributed by atoms with Crippen LogP contribution in [0.4, 0.5) is 0 Å². The first-order valence-corrected chi connectivity index (χ1v) is 6.58. The Balaban J connectivity index is 2.65. The van der Waals surface area contributed by atoms with Gasteiger partial charge in [0.1, 0.15) is 5.75 Å². The van der Waals surface area contributed by atoms with Crippen molar-refractivity contribution in [2.24, 2.45) is 0 Å². The van der Waals surface area contributed by atoms with Gasteiger partial charge in [0.25, 0.3) is 0 Å². The third kappa shape index (κ3) is 4.31.